The molecular formula is C16H18ClN3O2S. The van der Waals surface area contributed by atoms with Crippen molar-refractivity contribution in [1.29, 1.82) is 0 Å². The lowest BCUT2D eigenvalue weighted by molar-refractivity contribution is -0.133. The van der Waals surface area contributed by atoms with E-state index in [0.717, 1.165) is 17.4 Å². The molecular weight excluding hydrogens is 334 g/mol. The van der Waals surface area contributed by atoms with Crippen LogP contribution < -0.4 is 4.90 Å². The van der Waals surface area contributed by atoms with Crippen LogP contribution in [0.5, 0.6) is 0 Å². The van der Waals surface area contributed by atoms with Crippen molar-refractivity contribution in [2.24, 2.45) is 0 Å². The molecule has 23 heavy (non-hydrogen) atoms. The molecule has 1 N–H and O–H groups in total. The van der Waals surface area contributed by atoms with Crippen LogP contribution in [0.15, 0.2) is 29.4 Å². The van der Waals surface area contributed by atoms with Gasteiger partial charge in [-0.3, -0.25) is 4.79 Å². The maximum Gasteiger partial charge on any atom is 0.313 e. The molecule has 0 amide bonds. The van der Waals surface area contributed by atoms with Crippen LogP contribution in [-0.2, 0) is 4.79 Å². The Labute approximate surface area is 144 Å². The number of carboxylic acids is 1. The first-order valence-corrected chi connectivity index (χ1v) is 8.51. The van der Waals surface area contributed by atoms with E-state index in [1.807, 2.05) is 24.0 Å². The number of benzene rings is 1. The third kappa shape index (κ3) is 4.36. The number of carboxylic acid groups (broad SMARTS) is 1. The van der Waals surface area contributed by atoms with E-state index in [9.17, 15) is 4.79 Å². The van der Waals surface area contributed by atoms with Crippen LogP contribution in [0.1, 0.15) is 18.1 Å². The van der Waals surface area contributed by atoms with E-state index < -0.39 is 5.97 Å². The van der Waals surface area contributed by atoms with Crippen molar-refractivity contribution >= 4 is 40.8 Å². The molecule has 2 rings (SSSR count). The molecule has 0 aliphatic carbocycles. The molecule has 0 spiro atoms. The Morgan fingerprint density at radius 1 is 1.35 bits per heavy atom. The Morgan fingerprint density at radius 2 is 2.09 bits per heavy atom. The largest absolute Gasteiger partial charge is 0.481 e. The van der Waals surface area contributed by atoms with Gasteiger partial charge >= 0.3 is 5.97 Å². The highest BCUT2D eigenvalue weighted by Crippen LogP contribution is 2.30. The first-order chi connectivity index (χ1) is 10.9. The summed E-state index contributed by atoms with van der Waals surface area (Å²) in [6, 6.07) is 7.79. The molecule has 0 fully saturated rings. The second-order valence-electron chi connectivity index (χ2n) is 4.98. The number of hydrogen-bond donors (Lipinski definition) is 1. The van der Waals surface area contributed by atoms with Crippen LogP contribution in [0.2, 0.25) is 5.15 Å². The third-order valence-corrected chi connectivity index (χ3v) is 4.47. The first-order valence-electron chi connectivity index (χ1n) is 7.15. The summed E-state index contributed by atoms with van der Waals surface area (Å²) in [6.45, 7) is 6.87. The van der Waals surface area contributed by atoms with Gasteiger partial charge in [-0.15, -0.1) is 0 Å². The fraction of sp³-hybridized carbons (Fsp3) is 0.312. The quantitative estimate of drug-likeness (QED) is 0.480. The SMILES string of the molecule is CCN(c1cc(Cl)nc(SCC(=O)O)n1)c1cccc(C)c1C. The average molecular weight is 352 g/mol. The van der Waals surface area contributed by atoms with E-state index in [-0.39, 0.29) is 5.75 Å². The third-order valence-electron chi connectivity index (χ3n) is 3.45. The predicted molar refractivity (Wildman–Crippen MR) is 94.0 cm³/mol. The van der Waals surface area contributed by atoms with Crippen molar-refractivity contribution < 1.29 is 9.90 Å². The fourth-order valence-electron chi connectivity index (χ4n) is 2.20. The van der Waals surface area contributed by atoms with Crippen LogP contribution in [0.4, 0.5) is 11.5 Å². The van der Waals surface area contributed by atoms with Gasteiger partial charge in [0.15, 0.2) is 5.16 Å². The first kappa shape index (κ1) is 17.6. The number of halogens is 1. The number of carbonyl (C=O) groups is 1. The van der Waals surface area contributed by atoms with Crippen molar-refractivity contribution in [3.8, 4) is 0 Å². The smallest absolute Gasteiger partial charge is 0.313 e. The summed E-state index contributed by atoms with van der Waals surface area (Å²) in [4.78, 5) is 21.3. The number of nitrogens with zero attached hydrogens (tertiary/aromatic N) is 3. The summed E-state index contributed by atoms with van der Waals surface area (Å²) in [5.74, 6) is -0.355. The monoisotopic (exact) mass is 351 g/mol. The average Bonchev–Trinajstić information content (AvgIpc) is 2.50. The normalized spacial score (nSPS) is 10.6. The molecule has 0 radical (unpaired) electrons. The highest BCUT2D eigenvalue weighted by Gasteiger charge is 2.15. The predicted octanol–water partition coefficient (Wildman–Crippen LogP) is 4.08. The van der Waals surface area contributed by atoms with Crippen molar-refractivity contribution in [2.45, 2.75) is 25.9 Å². The molecule has 7 heteroatoms. The number of hydrogen-bond acceptors (Lipinski definition) is 5. The number of aliphatic carboxylic acids is 1. The molecule has 0 aliphatic heterocycles. The Morgan fingerprint density at radius 3 is 2.74 bits per heavy atom. The molecule has 2 aromatic rings. The summed E-state index contributed by atoms with van der Waals surface area (Å²) in [5.41, 5.74) is 3.42. The van der Waals surface area contributed by atoms with Crippen molar-refractivity contribution in [3.63, 3.8) is 0 Å². The lowest BCUT2D eigenvalue weighted by atomic mass is 10.1. The second kappa shape index (κ2) is 7.66. The molecule has 0 aliphatic rings. The van der Waals surface area contributed by atoms with Gasteiger partial charge in [-0.05, 0) is 38.0 Å². The molecule has 0 unspecified atom stereocenters. The molecule has 1 aromatic heterocycles. The zero-order valence-electron chi connectivity index (χ0n) is 13.2. The summed E-state index contributed by atoms with van der Waals surface area (Å²) in [5, 5.41) is 9.45. The Kier molecular flexibility index (Phi) is 5.85. The molecule has 0 bridgehead atoms. The molecule has 5 nitrogen and oxygen atoms in total. The van der Waals surface area contributed by atoms with Gasteiger partial charge in [0.2, 0.25) is 0 Å². The zero-order valence-corrected chi connectivity index (χ0v) is 14.8. The van der Waals surface area contributed by atoms with Crippen LogP contribution in [0.3, 0.4) is 0 Å². The van der Waals surface area contributed by atoms with Crippen molar-refractivity contribution in [1.82, 2.24) is 9.97 Å². The minimum atomic E-state index is -0.915. The minimum Gasteiger partial charge on any atom is -0.481 e. The Hall–Kier alpha value is -1.79. The molecule has 0 saturated heterocycles. The van der Waals surface area contributed by atoms with E-state index in [1.54, 1.807) is 6.07 Å². The fourth-order valence-corrected chi connectivity index (χ4v) is 3.00. The summed E-state index contributed by atoms with van der Waals surface area (Å²) >= 11 is 7.14. The lowest BCUT2D eigenvalue weighted by Gasteiger charge is -2.25. The number of anilines is 2. The molecule has 0 atom stereocenters. The topological polar surface area (TPSA) is 66.3 Å². The minimum absolute atomic E-state index is 0.102. The van der Waals surface area contributed by atoms with E-state index >= 15 is 0 Å². The van der Waals surface area contributed by atoms with Gasteiger partial charge in [0.25, 0.3) is 0 Å². The van der Waals surface area contributed by atoms with Crippen LogP contribution in [0.25, 0.3) is 0 Å². The van der Waals surface area contributed by atoms with Gasteiger partial charge < -0.3 is 10.0 Å². The van der Waals surface area contributed by atoms with E-state index in [4.69, 9.17) is 16.7 Å². The van der Waals surface area contributed by atoms with Crippen molar-refractivity contribution in [3.05, 3.63) is 40.5 Å². The maximum atomic E-state index is 10.7. The van der Waals surface area contributed by atoms with Gasteiger partial charge in [-0.25, -0.2) is 9.97 Å². The summed E-state index contributed by atoms with van der Waals surface area (Å²) < 4.78 is 0. The Bertz CT molecular complexity index is 724. The zero-order chi connectivity index (χ0) is 17.0. The lowest BCUT2D eigenvalue weighted by Crippen LogP contribution is -2.19. The van der Waals surface area contributed by atoms with Gasteiger partial charge in [0.1, 0.15) is 11.0 Å². The number of rotatable bonds is 6. The van der Waals surface area contributed by atoms with E-state index in [2.05, 4.69) is 29.9 Å². The van der Waals surface area contributed by atoms with Crippen LogP contribution >= 0.6 is 23.4 Å². The van der Waals surface area contributed by atoms with E-state index in [0.29, 0.717) is 22.7 Å². The standard InChI is InChI=1S/C16H18ClN3O2S/c1-4-20(12-7-5-6-10(2)11(12)3)14-8-13(17)18-16(19-14)23-9-15(21)22/h5-8H,4,9H2,1-3H3,(H,21,22). The van der Waals surface area contributed by atoms with Crippen molar-refractivity contribution in [2.75, 3.05) is 17.2 Å². The summed E-state index contributed by atoms with van der Waals surface area (Å²) in [7, 11) is 0. The molecule has 122 valence electrons. The van der Waals surface area contributed by atoms with Crippen LogP contribution in [-0.4, -0.2) is 33.3 Å². The highest BCUT2D eigenvalue weighted by molar-refractivity contribution is 7.99. The van der Waals surface area contributed by atoms with Gasteiger partial charge in [-0.2, -0.15) is 0 Å². The number of aromatic nitrogens is 2. The molecule has 1 aromatic carbocycles. The van der Waals surface area contributed by atoms with E-state index in [1.165, 1.54) is 11.1 Å². The van der Waals surface area contributed by atoms with Crippen LogP contribution in [0, 0.1) is 13.8 Å². The number of aryl methyl sites for hydroxylation is 1. The van der Waals surface area contributed by atoms with Gasteiger partial charge in [0, 0.05) is 18.3 Å². The highest BCUT2D eigenvalue weighted by atomic mass is 35.5. The Balaban J connectivity index is 2.41. The second-order valence-corrected chi connectivity index (χ2v) is 6.31. The number of thioether (sulfide) groups is 1. The maximum absolute atomic E-state index is 10.7. The molecule has 1 heterocycles. The van der Waals surface area contributed by atoms with Gasteiger partial charge in [0.05, 0.1) is 5.75 Å². The molecule has 0 saturated carbocycles. The summed E-state index contributed by atoms with van der Waals surface area (Å²) in [6.07, 6.45) is 0. The van der Waals surface area contributed by atoms with Gasteiger partial charge in [-0.1, -0.05) is 35.5 Å².